The molecule has 5 rings (SSSR count). The first-order valence-corrected chi connectivity index (χ1v) is 11.5. The Kier molecular flexibility index (Phi) is 5.67. The number of hydrogen-bond acceptors (Lipinski definition) is 6. The molecule has 0 aliphatic rings. The summed E-state index contributed by atoms with van der Waals surface area (Å²) in [5.74, 6) is 0.473. The van der Waals surface area contributed by atoms with Crippen LogP contribution in [0.4, 0.5) is 22.0 Å². The third-order valence-corrected chi connectivity index (χ3v) is 6.67. The van der Waals surface area contributed by atoms with Crippen molar-refractivity contribution in [3.05, 3.63) is 90.2 Å². The largest absolute Gasteiger partial charge is 0.383 e. The number of primary amides is 1. The van der Waals surface area contributed by atoms with Crippen molar-refractivity contribution in [2.24, 2.45) is 11.5 Å². The van der Waals surface area contributed by atoms with Gasteiger partial charge in [-0.3, -0.25) is 9.88 Å². The lowest BCUT2D eigenvalue weighted by molar-refractivity contribution is 0.256. The third-order valence-electron chi connectivity index (χ3n) is 5.66. The SMILES string of the molecule is NCc1cccc(N(C(N)=O)c2ccc(-c3csc4c(-c5cccnc5)cnc(N)c34)cc2)c1. The average Bonchev–Trinajstić information content (AvgIpc) is 3.31. The highest BCUT2D eigenvalue weighted by molar-refractivity contribution is 7.18. The van der Waals surface area contributed by atoms with E-state index in [1.165, 1.54) is 4.90 Å². The first-order chi connectivity index (χ1) is 16.6. The summed E-state index contributed by atoms with van der Waals surface area (Å²) in [5, 5.41) is 2.98. The molecule has 34 heavy (non-hydrogen) atoms. The summed E-state index contributed by atoms with van der Waals surface area (Å²) in [4.78, 5) is 22.4. The molecule has 5 aromatic rings. The van der Waals surface area contributed by atoms with Gasteiger partial charge in [0.05, 0.1) is 11.4 Å². The van der Waals surface area contributed by atoms with Gasteiger partial charge in [0.2, 0.25) is 0 Å². The smallest absolute Gasteiger partial charge is 0.323 e. The van der Waals surface area contributed by atoms with Crippen LogP contribution in [0.3, 0.4) is 0 Å². The van der Waals surface area contributed by atoms with Crippen LogP contribution >= 0.6 is 11.3 Å². The van der Waals surface area contributed by atoms with E-state index in [0.717, 1.165) is 37.9 Å². The van der Waals surface area contributed by atoms with Crippen LogP contribution in [0.25, 0.3) is 32.3 Å². The number of hydrogen-bond donors (Lipinski definition) is 3. The predicted molar refractivity (Wildman–Crippen MR) is 139 cm³/mol. The number of amides is 2. The van der Waals surface area contributed by atoms with E-state index < -0.39 is 6.03 Å². The second-order valence-electron chi connectivity index (χ2n) is 7.75. The summed E-state index contributed by atoms with van der Waals surface area (Å²) in [7, 11) is 0. The molecule has 6 N–H and O–H groups in total. The molecule has 2 aromatic carbocycles. The normalized spacial score (nSPS) is 11.0. The minimum Gasteiger partial charge on any atom is -0.383 e. The molecule has 0 radical (unpaired) electrons. The molecule has 0 bridgehead atoms. The van der Waals surface area contributed by atoms with Gasteiger partial charge in [0.15, 0.2) is 0 Å². The lowest BCUT2D eigenvalue weighted by atomic mass is 10.0. The molecule has 0 saturated carbocycles. The molecule has 168 valence electrons. The lowest BCUT2D eigenvalue weighted by Crippen LogP contribution is -2.31. The van der Waals surface area contributed by atoms with Crippen LogP contribution in [0, 0.1) is 0 Å². The number of pyridine rings is 2. The zero-order valence-electron chi connectivity index (χ0n) is 18.2. The molecule has 0 spiro atoms. The van der Waals surface area contributed by atoms with Gasteiger partial charge < -0.3 is 17.2 Å². The Morgan fingerprint density at radius 2 is 1.76 bits per heavy atom. The molecule has 0 aliphatic heterocycles. The van der Waals surface area contributed by atoms with Crippen molar-refractivity contribution in [3.8, 4) is 22.3 Å². The van der Waals surface area contributed by atoms with Crippen molar-refractivity contribution >= 4 is 44.6 Å². The highest BCUT2D eigenvalue weighted by atomic mass is 32.1. The molecule has 0 aliphatic carbocycles. The first kappa shape index (κ1) is 21.6. The van der Waals surface area contributed by atoms with Crippen LogP contribution in [-0.2, 0) is 6.54 Å². The van der Waals surface area contributed by atoms with E-state index in [-0.39, 0.29) is 0 Å². The highest BCUT2D eigenvalue weighted by Gasteiger charge is 2.18. The van der Waals surface area contributed by atoms with Crippen LogP contribution in [0.2, 0.25) is 0 Å². The Hall–Kier alpha value is -4.27. The number of thiophene rings is 1. The lowest BCUT2D eigenvalue weighted by Gasteiger charge is -2.21. The Morgan fingerprint density at radius 3 is 2.47 bits per heavy atom. The summed E-state index contributed by atoms with van der Waals surface area (Å²) < 4.78 is 1.05. The number of carbonyl (C=O) groups is 1. The number of nitrogens with zero attached hydrogens (tertiary/aromatic N) is 3. The summed E-state index contributed by atoms with van der Waals surface area (Å²) in [6.07, 6.45) is 5.35. The van der Waals surface area contributed by atoms with Crippen molar-refractivity contribution in [1.82, 2.24) is 9.97 Å². The molecule has 0 fully saturated rings. The van der Waals surface area contributed by atoms with Gasteiger partial charge in [-0.1, -0.05) is 30.3 Å². The summed E-state index contributed by atoms with van der Waals surface area (Å²) in [5.41, 5.74) is 24.0. The minimum atomic E-state index is -0.572. The molecule has 8 heteroatoms. The Bertz CT molecular complexity index is 1480. The van der Waals surface area contributed by atoms with Crippen LogP contribution in [0.15, 0.2) is 84.6 Å². The molecule has 3 aromatic heterocycles. The van der Waals surface area contributed by atoms with Crippen molar-refractivity contribution in [2.45, 2.75) is 6.54 Å². The van der Waals surface area contributed by atoms with E-state index in [0.29, 0.717) is 23.7 Å². The molecule has 3 heterocycles. The van der Waals surface area contributed by atoms with Gasteiger partial charge in [0.1, 0.15) is 5.82 Å². The fraction of sp³-hybridized carbons (Fsp3) is 0.0385. The molecule has 0 atom stereocenters. The Morgan fingerprint density at radius 1 is 0.941 bits per heavy atom. The van der Waals surface area contributed by atoms with Crippen molar-refractivity contribution in [3.63, 3.8) is 0 Å². The Balaban J connectivity index is 1.56. The molecular formula is C26H22N6OS. The average molecular weight is 467 g/mol. The number of anilines is 3. The second kappa shape index (κ2) is 8.93. The van der Waals surface area contributed by atoms with E-state index in [1.54, 1.807) is 23.7 Å². The van der Waals surface area contributed by atoms with E-state index >= 15 is 0 Å². The molecule has 2 amide bonds. The number of carbonyl (C=O) groups excluding carboxylic acids is 1. The Labute approximate surface area is 200 Å². The van der Waals surface area contributed by atoms with Gasteiger partial charge in [-0.05, 0) is 46.8 Å². The number of benzene rings is 2. The predicted octanol–water partition coefficient (Wildman–Crippen LogP) is 5.28. The number of fused-ring (bicyclic) bond motifs is 1. The van der Waals surface area contributed by atoms with E-state index in [2.05, 4.69) is 15.3 Å². The molecular weight excluding hydrogens is 444 g/mol. The maximum absolute atomic E-state index is 12.3. The van der Waals surface area contributed by atoms with Crippen LogP contribution < -0.4 is 22.1 Å². The van der Waals surface area contributed by atoms with Crippen molar-refractivity contribution in [1.29, 1.82) is 0 Å². The van der Waals surface area contributed by atoms with Crippen LogP contribution in [-0.4, -0.2) is 16.0 Å². The summed E-state index contributed by atoms with van der Waals surface area (Å²) >= 11 is 1.62. The minimum absolute atomic E-state index is 0.376. The molecule has 0 saturated heterocycles. The monoisotopic (exact) mass is 466 g/mol. The summed E-state index contributed by atoms with van der Waals surface area (Å²) in [6.45, 7) is 0.376. The third kappa shape index (κ3) is 3.85. The number of nitrogen functional groups attached to an aromatic ring is 1. The number of rotatable bonds is 5. The molecule has 7 nitrogen and oxygen atoms in total. The van der Waals surface area contributed by atoms with Gasteiger partial charge in [-0.15, -0.1) is 11.3 Å². The second-order valence-corrected chi connectivity index (χ2v) is 8.63. The number of aromatic nitrogens is 2. The fourth-order valence-corrected chi connectivity index (χ4v) is 5.14. The van der Waals surface area contributed by atoms with Gasteiger partial charge in [0.25, 0.3) is 0 Å². The first-order valence-electron chi connectivity index (χ1n) is 10.6. The van der Waals surface area contributed by atoms with Gasteiger partial charge >= 0.3 is 6.03 Å². The topological polar surface area (TPSA) is 124 Å². The van der Waals surface area contributed by atoms with Crippen LogP contribution in [0.5, 0.6) is 0 Å². The maximum Gasteiger partial charge on any atom is 0.323 e. The van der Waals surface area contributed by atoms with Crippen molar-refractivity contribution < 1.29 is 4.79 Å². The zero-order chi connectivity index (χ0) is 23.7. The summed E-state index contributed by atoms with van der Waals surface area (Å²) in [6, 6.07) is 18.4. The van der Waals surface area contributed by atoms with E-state index in [1.807, 2.05) is 66.9 Å². The fourth-order valence-electron chi connectivity index (χ4n) is 4.02. The van der Waals surface area contributed by atoms with Gasteiger partial charge in [0, 0.05) is 51.9 Å². The molecule has 0 unspecified atom stereocenters. The van der Waals surface area contributed by atoms with Crippen LogP contribution in [0.1, 0.15) is 5.56 Å². The van der Waals surface area contributed by atoms with Crippen molar-refractivity contribution in [2.75, 3.05) is 10.6 Å². The van der Waals surface area contributed by atoms with Gasteiger partial charge in [-0.25, -0.2) is 9.78 Å². The standard InChI is InChI=1S/C26H22N6OS/c27-12-16-3-1-5-20(11-16)32(26(29)33)19-8-6-17(7-9-19)22-15-34-24-21(14-31-25(28)23(22)24)18-4-2-10-30-13-18/h1-11,13-15H,12,27H2,(H2,28,31)(H2,29,33). The number of urea groups is 1. The van der Waals surface area contributed by atoms with E-state index in [4.69, 9.17) is 17.2 Å². The number of nitrogens with two attached hydrogens (primary N) is 3. The maximum atomic E-state index is 12.3. The zero-order valence-corrected chi connectivity index (χ0v) is 19.0. The van der Waals surface area contributed by atoms with E-state index in [9.17, 15) is 4.79 Å². The quantitative estimate of drug-likeness (QED) is 0.325. The highest BCUT2D eigenvalue weighted by Crippen LogP contribution is 2.42. The van der Waals surface area contributed by atoms with Gasteiger partial charge in [-0.2, -0.15) is 0 Å².